The number of amides is 2. The van der Waals surface area contributed by atoms with E-state index in [9.17, 15) is 24.5 Å². The highest BCUT2D eigenvalue weighted by atomic mass is 16.6. The number of hydrogen-bond acceptors (Lipinski definition) is 10. The van der Waals surface area contributed by atoms with Crippen LogP contribution in [-0.4, -0.2) is 94.6 Å². The first kappa shape index (κ1) is 30.8. The molecule has 0 atom stereocenters. The third kappa shape index (κ3) is 6.48. The molecule has 228 valence electrons. The second kappa shape index (κ2) is 11.6. The molecule has 0 spiro atoms. The van der Waals surface area contributed by atoms with Gasteiger partial charge in [-0.15, -0.1) is 4.68 Å². The van der Waals surface area contributed by atoms with Crippen LogP contribution in [0.15, 0.2) is 18.2 Å². The molecule has 1 fully saturated rings. The number of nitrogens with one attached hydrogen (secondary N) is 1. The quantitative estimate of drug-likeness (QED) is 0.405. The van der Waals surface area contributed by atoms with Crippen molar-refractivity contribution >= 4 is 35.3 Å². The van der Waals surface area contributed by atoms with Crippen LogP contribution >= 0.6 is 0 Å². The predicted octanol–water partition coefficient (Wildman–Crippen LogP) is 3.83. The van der Waals surface area contributed by atoms with Gasteiger partial charge in [0.2, 0.25) is 0 Å². The van der Waals surface area contributed by atoms with Gasteiger partial charge in [0.05, 0.1) is 23.8 Å². The van der Waals surface area contributed by atoms with Crippen LogP contribution in [0, 0.1) is 10.1 Å². The molecule has 0 unspecified atom stereocenters. The number of fused-ring (bicyclic) bond motifs is 1. The number of hydrogen-bond donors (Lipinski definition) is 1. The number of nitro benzene ring substituents is 1. The van der Waals surface area contributed by atoms with E-state index in [1.807, 2.05) is 25.8 Å². The average molecular weight is 586 g/mol. The summed E-state index contributed by atoms with van der Waals surface area (Å²) in [5.41, 5.74) is -0.449. The van der Waals surface area contributed by atoms with Crippen molar-refractivity contribution in [1.29, 1.82) is 0 Å². The van der Waals surface area contributed by atoms with E-state index in [-0.39, 0.29) is 36.8 Å². The SMILES string of the molecule is CCOC(=O)n1nc2c(c1NC(=O)c1ccc(N3CCN(C)CC3)cc1[N+](=O)[O-])CN(C(=O)OC(C)(C)C)CC2(C)C. The molecule has 0 bridgehead atoms. The number of ether oxygens (including phenoxy) is 2. The summed E-state index contributed by atoms with van der Waals surface area (Å²) < 4.78 is 11.7. The first-order valence-electron chi connectivity index (χ1n) is 13.9. The lowest BCUT2D eigenvalue weighted by atomic mass is 9.83. The lowest BCUT2D eigenvalue weighted by Crippen LogP contribution is -2.47. The number of rotatable bonds is 5. The minimum Gasteiger partial charge on any atom is -0.448 e. The molecule has 2 amide bonds. The Hall–Kier alpha value is -4.20. The van der Waals surface area contributed by atoms with Gasteiger partial charge in [-0.05, 0) is 46.9 Å². The molecule has 2 aliphatic rings. The Morgan fingerprint density at radius 2 is 1.79 bits per heavy atom. The van der Waals surface area contributed by atoms with E-state index < -0.39 is 34.0 Å². The van der Waals surface area contributed by atoms with Crippen LogP contribution < -0.4 is 10.2 Å². The highest BCUT2D eigenvalue weighted by molar-refractivity contribution is 6.08. The summed E-state index contributed by atoms with van der Waals surface area (Å²) in [7, 11) is 2.01. The minimum absolute atomic E-state index is 0.00681. The predicted molar refractivity (Wildman–Crippen MR) is 155 cm³/mol. The molecule has 0 saturated carbocycles. The van der Waals surface area contributed by atoms with E-state index in [0.717, 1.165) is 17.8 Å². The van der Waals surface area contributed by atoms with Crippen molar-refractivity contribution in [2.24, 2.45) is 0 Å². The minimum atomic E-state index is -0.832. The molecule has 3 heterocycles. The van der Waals surface area contributed by atoms with Gasteiger partial charge in [0.1, 0.15) is 17.0 Å². The summed E-state index contributed by atoms with van der Waals surface area (Å²) >= 11 is 0. The average Bonchev–Trinajstić information content (AvgIpc) is 3.27. The monoisotopic (exact) mass is 585 g/mol. The van der Waals surface area contributed by atoms with Gasteiger partial charge >= 0.3 is 12.2 Å². The number of carbonyl (C=O) groups excluding carboxylic acids is 3. The van der Waals surface area contributed by atoms with Crippen molar-refractivity contribution in [2.45, 2.75) is 59.1 Å². The van der Waals surface area contributed by atoms with Gasteiger partial charge in [-0.3, -0.25) is 14.9 Å². The van der Waals surface area contributed by atoms with Crippen molar-refractivity contribution in [1.82, 2.24) is 19.6 Å². The molecular weight excluding hydrogens is 546 g/mol. The van der Waals surface area contributed by atoms with Crippen molar-refractivity contribution in [2.75, 3.05) is 56.6 Å². The normalized spacial score (nSPS) is 16.9. The molecule has 14 heteroatoms. The van der Waals surface area contributed by atoms with E-state index in [1.165, 1.54) is 17.0 Å². The van der Waals surface area contributed by atoms with Gasteiger partial charge < -0.3 is 29.5 Å². The maximum absolute atomic E-state index is 13.6. The molecule has 42 heavy (non-hydrogen) atoms. The topological polar surface area (TPSA) is 152 Å². The molecule has 0 aliphatic carbocycles. The van der Waals surface area contributed by atoms with Gasteiger partial charge in [-0.2, -0.15) is 5.10 Å². The van der Waals surface area contributed by atoms with Crippen molar-refractivity contribution in [3.8, 4) is 0 Å². The highest BCUT2D eigenvalue weighted by Gasteiger charge is 2.42. The Morgan fingerprint density at radius 1 is 1.12 bits per heavy atom. The van der Waals surface area contributed by atoms with Gasteiger partial charge in [-0.25, -0.2) is 9.59 Å². The first-order chi connectivity index (χ1) is 19.6. The lowest BCUT2D eigenvalue weighted by molar-refractivity contribution is -0.385. The number of nitrogens with zero attached hydrogens (tertiary/aromatic N) is 6. The zero-order valence-electron chi connectivity index (χ0n) is 25.2. The third-order valence-electron chi connectivity index (χ3n) is 7.18. The van der Waals surface area contributed by atoms with E-state index >= 15 is 0 Å². The number of nitro groups is 1. The maximum Gasteiger partial charge on any atom is 0.436 e. The number of likely N-dealkylation sites (N-methyl/N-ethyl adjacent to an activating group) is 1. The Morgan fingerprint density at radius 3 is 2.38 bits per heavy atom. The fourth-order valence-electron chi connectivity index (χ4n) is 5.14. The Labute approximate surface area is 244 Å². The largest absolute Gasteiger partial charge is 0.448 e. The van der Waals surface area contributed by atoms with Crippen molar-refractivity contribution < 1.29 is 28.8 Å². The number of aromatic nitrogens is 2. The highest BCUT2D eigenvalue weighted by Crippen LogP contribution is 2.38. The Kier molecular flexibility index (Phi) is 8.48. The number of piperazine rings is 1. The van der Waals surface area contributed by atoms with Gasteiger partial charge in [0.25, 0.3) is 11.6 Å². The molecule has 1 N–H and O–H groups in total. The Balaban J connectivity index is 1.72. The smallest absolute Gasteiger partial charge is 0.436 e. The van der Waals surface area contributed by atoms with Crippen LogP contribution in [0.25, 0.3) is 0 Å². The zero-order chi connectivity index (χ0) is 31.0. The molecule has 4 rings (SSSR count). The van der Waals surface area contributed by atoms with Gasteiger partial charge in [0, 0.05) is 55.5 Å². The molecular formula is C28H39N7O7. The van der Waals surface area contributed by atoms with Gasteiger partial charge in [-0.1, -0.05) is 13.8 Å². The summed E-state index contributed by atoms with van der Waals surface area (Å²) in [6.45, 7) is 14.0. The number of anilines is 2. The van der Waals surface area contributed by atoms with Crippen LogP contribution in [0.1, 0.15) is 63.2 Å². The lowest BCUT2D eigenvalue weighted by Gasteiger charge is -2.37. The molecule has 14 nitrogen and oxygen atoms in total. The Bertz CT molecular complexity index is 1390. The first-order valence-corrected chi connectivity index (χ1v) is 13.9. The van der Waals surface area contributed by atoms with Crippen LogP contribution in [0.5, 0.6) is 0 Å². The van der Waals surface area contributed by atoms with Crippen molar-refractivity contribution in [3.63, 3.8) is 0 Å². The zero-order valence-corrected chi connectivity index (χ0v) is 25.2. The maximum atomic E-state index is 13.6. The second-order valence-corrected chi connectivity index (χ2v) is 12.2. The molecule has 1 saturated heterocycles. The molecule has 0 radical (unpaired) electrons. The number of benzene rings is 1. The summed E-state index contributed by atoms with van der Waals surface area (Å²) in [5.74, 6) is -0.820. The summed E-state index contributed by atoms with van der Waals surface area (Å²) in [6, 6.07) is 4.49. The summed E-state index contributed by atoms with van der Waals surface area (Å²) in [5, 5.41) is 19.2. The summed E-state index contributed by atoms with van der Waals surface area (Å²) in [6.07, 6.45) is -1.39. The van der Waals surface area contributed by atoms with Crippen LogP contribution in [-0.2, 0) is 21.4 Å². The van der Waals surface area contributed by atoms with E-state index in [2.05, 4.69) is 15.3 Å². The summed E-state index contributed by atoms with van der Waals surface area (Å²) in [4.78, 5) is 56.7. The fourth-order valence-corrected chi connectivity index (χ4v) is 5.14. The van der Waals surface area contributed by atoms with Crippen molar-refractivity contribution in [3.05, 3.63) is 45.1 Å². The molecule has 2 aliphatic heterocycles. The van der Waals surface area contributed by atoms with Crippen LogP contribution in [0.3, 0.4) is 0 Å². The standard InChI is InChI=1S/C28H39N7O7/c1-8-41-26(38)34-23(20-16-33(25(37)42-27(2,3)4)17-28(5,6)22(20)30-34)29-24(36)19-10-9-18(15-21(19)35(39)40)32-13-11-31(7)12-14-32/h9-10,15H,8,11-14,16-17H2,1-7H3,(H,29,36). The van der Waals surface area contributed by atoms with E-state index in [1.54, 1.807) is 33.8 Å². The fraction of sp³-hybridized carbons (Fsp3) is 0.571. The van der Waals surface area contributed by atoms with Crippen LogP contribution in [0.4, 0.5) is 26.8 Å². The molecule has 1 aromatic heterocycles. The molecule has 2 aromatic rings. The third-order valence-corrected chi connectivity index (χ3v) is 7.18. The molecule has 1 aromatic carbocycles. The number of carbonyl (C=O) groups is 3. The van der Waals surface area contributed by atoms with E-state index in [4.69, 9.17) is 9.47 Å². The second-order valence-electron chi connectivity index (χ2n) is 12.2. The van der Waals surface area contributed by atoms with E-state index in [0.29, 0.717) is 30.0 Å². The van der Waals surface area contributed by atoms with Crippen LogP contribution in [0.2, 0.25) is 0 Å². The van der Waals surface area contributed by atoms with Gasteiger partial charge in [0.15, 0.2) is 0 Å².